The summed E-state index contributed by atoms with van der Waals surface area (Å²) in [6.07, 6.45) is 4.98. The smallest absolute Gasteiger partial charge is 0.141 e. The van der Waals surface area contributed by atoms with Crippen molar-refractivity contribution < 1.29 is 13.5 Å². The molecular weight excluding hydrogens is 583 g/mol. The number of nitriles is 1. The van der Waals surface area contributed by atoms with E-state index in [1.807, 2.05) is 16.9 Å². The Morgan fingerprint density at radius 3 is 2.50 bits per heavy atom. The van der Waals surface area contributed by atoms with Crippen molar-refractivity contribution in [1.82, 2.24) is 20.0 Å². The molecule has 3 aromatic carbocycles. The average molecular weight is 606 g/mol. The zero-order chi connectivity index (χ0) is 29.2. The average Bonchev–Trinajstić information content (AvgIpc) is 3.49. The predicted octanol–water partition coefficient (Wildman–Crippen LogP) is 7.58. The van der Waals surface area contributed by atoms with Crippen molar-refractivity contribution in [3.63, 3.8) is 0 Å². The molecule has 1 fully saturated rings. The summed E-state index contributed by atoms with van der Waals surface area (Å²) in [5, 5.41) is 26.2. The van der Waals surface area contributed by atoms with Gasteiger partial charge in [0.05, 0.1) is 45.1 Å². The quantitative estimate of drug-likeness (QED) is 0.197. The maximum Gasteiger partial charge on any atom is 0.141 e. The van der Waals surface area contributed by atoms with Crippen molar-refractivity contribution in [1.29, 1.82) is 5.26 Å². The molecular formula is C30H23Cl2F2N7O. The monoisotopic (exact) mass is 605 g/mol. The van der Waals surface area contributed by atoms with Crippen LogP contribution >= 0.6 is 23.2 Å². The molecule has 0 spiro atoms. The van der Waals surface area contributed by atoms with E-state index in [4.69, 9.17) is 27.9 Å². The van der Waals surface area contributed by atoms with Crippen LogP contribution in [0.5, 0.6) is 0 Å². The maximum atomic E-state index is 13.8. The van der Waals surface area contributed by atoms with Gasteiger partial charge in [-0.3, -0.25) is 4.98 Å². The second kappa shape index (κ2) is 11.9. The molecule has 0 amide bonds. The van der Waals surface area contributed by atoms with Crippen LogP contribution in [0.1, 0.15) is 41.7 Å². The number of pyridine rings is 1. The zero-order valence-electron chi connectivity index (χ0n) is 22.0. The fraction of sp³-hybridized carbons (Fsp3) is 0.200. The number of fused-ring (bicyclic) bond motifs is 1. The highest BCUT2D eigenvalue weighted by atomic mass is 35.5. The highest BCUT2D eigenvalue weighted by Crippen LogP contribution is 2.37. The van der Waals surface area contributed by atoms with Gasteiger partial charge in [0.15, 0.2) is 0 Å². The highest BCUT2D eigenvalue weighted by molar-refractivity contribution is 6.36. The van der Waals surface area contributed by atoms with Gasteiger partial charge in [-0.2, -0.15) is 5.26 Å². The Hall–Kier alpha value is -4.30. The first-order valence-electron chi connectivity index (χ1n) is 13.2. The fourth-order valence-electron chi connectivity index (χ4n) is 4.98. The number of benzene rings is 3. The van der Waals surface area contributed by atoms with Gasteiger partial charge in [0.2, 0.25) is 0 Å². The SMILES string of the molecule is N#Cc1cnc2c(Cl)cc(NC(c3ccc(F)cc3)c3cn(C4CCOCC4)nn3)cc2c1Nc1ccc(F)c(Cl)c1. The third kappa shape index (κ3) is 5.72. The van der Waals surface area contributed by atoms with Gasteiger partial charge in [-0.05, 0) is 60.9 Å². The van der Waals surface area contributed by atoms with Gasteiger partial charge >= 0.3 is 0 Å². The Balaban J connectivity index is 1.41. The van der Waals surface area contributed by atoms with Gasteiger partial charge in [-0.1, -0.05) is 40.5 Å². The molecule has 5 aromatic rings. The van der Waals surface area contributed by atoms with Gasteiger partial charge in [0, 0.05) is 36.2 Å². The molecule has 1 unspecified atom stereocenters. The molecule has 1 saturated heterocycles. The Morgan fingerprint density at radius 1 is 1.00 bits per heavy atom. The van der Waals surface area contributed by atoms with Crippen LogP contribution in [0, 0.1) is 23.0 Å². The van der Waals surface area contributed by atoms with E-state index < -0.39 is 11.9 Å². The lowest BCUT2D eigenvalue weighted by Gasteiger charge is -2.22. The molecule has 8 nitrogen and oxygen atoms in total. The van der Waals surface area contributed by atoms with Gasteiger partial charge in [-0.25, -0.2) is 13.5 Å². The number of anilines is 3. The molecule has 1 aliphatic rings. The standard InChI is InChI=1S/C30H23Cl2F2N7O/c31-24-12-20(5-6-26(24)34)37-28-18(14-35)15-36-30-23(28)11-21(13-25(30)32)38-29(17-1-3-19(33)4-2-17)27-16-41(40-39-27)22-7-9-42-10-8-22/h1-6,11-13,15-16,22,29,38H,7-10H2,(H,36,37). The molecule has 6 rings (SSSR count). The summed E-state index contributed by atoms with van der Waals surface area (Å²) in [4.78, 5) is 4.40. The molecule has 212 valence electrons. The van der Waals surface area contributed by atoms with E-state index in [1.165, 1.54) is 36.5 Å². The van der Waals surface area contributed by atoms with Gasteiger partial charge in [-0.15, -0.1) is 5.10 Å². The van der Waals surface area contributed by atoms with Crippen LogP contribution in [0.3, 0.4) is 0 Å². The maximum absolute atomic E-state index is 13.8. The minimum Gasteiger partial charge on any atom is -0.381 e. The summed E-state index contributed by atoms with van der Waals surface area (Å²) >= 11 is 12.7. The van der Waals surface area contributed by atoms with Crippen molar-refractivity contribution in [2.24, 2.45) is 0 Å². The van der Waals surface area contributed by atoms with E-state index in [9.17, 15) is 14.0 Å². The Labute approximate surface area is 249 Å². The van der Waals surface area contributed by atoms with E-state index in [2.05, 4.69) is 32.0 Å². The molecule has 42 heavy (non-hydrogen) atoms. The van der Waals surface area contributed by atoms with Crippen LogP contribution in [0.15, 0.2) is 67.0 Å². The second-order valence-electron chi connectivity index (χ2n) is 9.86. The lowest BCUT2D eigenvalue weighted by atomic mass is 10.0. The van der Waals surface area contributed by atoms with E-state index >= 15 is 0 Å². The molecule has 0 radical (unpaired) electrons. The van der Waals surface area contributed by atoms with Crippen molar-refractivity contribution in [3.05, 3.63) is 105 Å². The van der Waals surface area contributed by atoms with Crippen molar-refractivity contribution in [3.8, 4) is 6.07 Å². The minimum atomic E-state index is -0.558. The van der Waals surface area contributed by atoms with Crippen LogP contribution in [-0.4, -0.2) is 33.2 Å². The fourth-order valence-corrected chi connectivity index (χ4v) is 5.43. The Morgan fingerprint density at radius 2 is 1.76 bits per heavy atom. The van der Waals surface area contributed by atoms with Crippen LogP contribution in [0.2, 0.25) is 10.0 Å². The van der Waals surface area contributed by atoms with Gasteiger partial charge in [0.25, 0.3) is 0 Å². The molecule has 2 aromatic heterocycles. The summed E-state index contributed by atoms with van der Waals surface area (Å²) in [5.74, 6) is -0.916. The van der Waals surface area contributed by atoms with Gasteiger partial charge in [0.1, 0.15) is 23.4 Å². The minimum absolute atomic E-state index is 0.0619. The predicted molar refractivity (Wildman–Crippen MR) is 157 cm³/mol. The van der Waals surface area contributed by atoms with Crippen LogP contribution in [0.25, 0.3) is 10.9 Å². The second-order valence-corrected chi connectivity index (χ2v) is 10.7. The first kappa shape index (κ1) is 27.8. The summed E-state index contributed by atoms with van der Waals surface area (Å²) in [7, 11) is 0. The van der Waals surface area contributed by atoms with Crippen LogP contribution in [0.4, 0.5) is 25.8 Å². The number of halogens is 4. The number of hydrogen-bond acceptors (Lipinski definition) is 7. The normalized spacial score (nSPS) is 14.5. The largest absolute Gasteiger partial charge is 0.381 e. The number of hydrogen-bond donors (Lipinski definition) is 2. The number of rotatable bonds is 7. The Kier molecular flexibility index (Phi) is 7.89. The molecule has 3 heterocycles. The summed E-state index contributed by atoms with van der Waals surface area (Å²) in [6.45, 7) is 1.32. The van der Waals surface area contributed by atoms with Crippen LogP contribution < -0.4 is 10.6 Å². The third-order valence-corrected chi connectivity index (χ3v) is 7.72. The number of nitrogens with one attached hydrogen (secondary N) is 2. The topological polar surface area (TPSA) is 101 Å². The molecule has 12 heteroatoms. The number of ether oxygens (including phenoxy) is 1. The molecule has 0 saturated carbocycles. The first-order chi connectivity index (χ1) is 20.4. The summed E-state index contributed by atoms with van der Waals surface area (Å²) < 4.78 is 35.0. The van der Waals surface area contributed by atoms with Gasteiger partial charge < -0.3 is 15.4 Å². The lowest BCUT2D eigenvalue weighted by Crippen LogP contribution is -2.20. The highest BCUT2D eigenvalue weighted by Gasteiger charge is 2.23. The summed E-state index contributed by atoms with van der Waals surface area (Å²) in [6, 6.07) is 15.7. The Bertz CT molecular complexity index is 1800. The lowest BCUT2D eigenvalue weighted by molar-refractivity contribution is 0.0657. The molecule has 2 N–H and O–H groups in total. The van der Waals surface area contributed by atoms with Crippen LogP contribution in [-0.2, 0) is 4.74 Å². The van der Waals surface area contributed by atoms with E-state index in [0.29, 0.717) is 51.9 Å². The molecule has 1 aliphatic heterocycles. The molecule has 0 aliphatic carbocycles. The summed E-state index contributed by atoms with van der Waals surface area (Å²) in [5.41, 5.74) is 3.61. The number of aromatic nitrogens is 4. The van der Waals surface area contributed by atoms with Crippen molar-refractivity contribution in [2.45, 2.75) is 24.9 Å². The first-order valence-corrected chi connectivity index (χ1v) is 13.9. The van der Waals surface area contributed by atoms with E-state index in [0.717, 1.165) is 18.4 Å². The molecule has 0 bridgehead atoms. The number of nitrogens with zero attached hydrogens (tertiary/aromatic N) is 5. The third-order valence-electron chi connectivity index (χ3n) is 7.14. The molecule has 1 atom stereocenters. The zero-order valence-corrected chi connectivity index (χ0v) is 23.5. The van der Waals surface area contributed by atoms with Crippen molar-refractivity contribution >= 4 is 51.2 Å². The van der Waals surface area contributed by atoms with Crippen molar-refractivity contribution in [2.75, 3.05) is 23.8 Å². The van der Waals surface area contributed by atoms with E-state index in [-0.39, 0.29) is 22.4 Å². The van der Waals surface area contributed by atoms with E-state index in [1.54, 1.807) is 18.2 Å².